The van der Waals surface area contributed by atoms with Crippen LogP contribution in [0.4, 0.5) is 0 Å². The number of hydrogen-bond donors (Lipinski definition) is 0. The predicted molar refractivity (Wildman–Crippen MR) is 64.0 cm³/mol. The van der Waals surface area contributed by atoms with Gasteiger partial charge in [-0.15, -0.1) is 0 Å². The molecule has 0 fully saturated rings. The van der Waals surface area contributed by atoms with E-state index in [0.29, 0.717) is 25.9 Å². The number of fused-ring (bicyclic) bond motifs is 1. The Balaban J connectivity index is 1.99. The average molecular weight is 232 g/mol. The summed E-state index contributed by atoms with van der Waals surface area (Å²) in [6, 6.07) is 5.85. The van der Waals surface area contributed by atoms with Gasteiger partial charge < -0.3 is 4.74 Å². The van der Waals surface area contributed by atoms with Crippen molar-refractivity contribution in [1.82, 2.24) is 0 Å². The second-order valence-electron chi connectivity index (χ2n) is 4.22. The van der Waals surface area contributed by atoms with E-state index in [1.807, 2.05) is 18.2 Å². The maximum Gasteiger partial charge on any atom is 0.306 e. The summed E-state index contributed by atoms with van der Waals surface area (Å²) in [7, 11) is 0. The minimum atomic E-state index is -0.163. The standard InChI is InChI=1S/C14H16O3/c1-2-17-14(16)8-4-10-3-6-12-11(9-10)5-7-13(12)15/h3,6,9H,2,4-5,7-8H2,1H3. The van der Waals surface area contributed by atoms with E-state index in [0.717, 1.165) is 23.1 Å². The normalized spacial score (nSPS) is 13.6. The second kappa shape index (κ2) is 5.13. The first kappa shape index (κ1) is 11.8. The van der Waals surface area contributed by atoms with Gasteiger partial charge in [0.05, 0.1) is 6.61 Å². The summed E-state index contributed by atoms with van der Waals surface area (Å²) in [5.74, 6) is 0.0704. The third-order valence-electron chi connectivity index (χ3n) is 3.01. The molecule has 0 saturated carbocycles. The first-order valence-corrected chi connectivity index (χ1v) is 6.01. The molecule has 0 heterocycles. The molecule has 1 aliphatic carbocycles. The molecule has 0 atom stereocenters. The smallest absolute Gasteiger partial charge is 0.306 e. The van der Waals surface area contributed by atoms with Crippen molar-refractivity contribution in [3.63, 3.8) is 0 Å². The van der Waals surface area contributed by atoms with Gasteiger partial charge in [0.2, 0.25) is 0 Å². The predicted octanol–water partition coefficient (Wildman–Crippen LogP) is 2.31. The highest BCUT2D eigenvalue weighted by atomic mass is 16.5. The quantitative estimate of drug-likeness (QED) is 0.748. The Labute approximate surface area is 101 Å². The van der Waals surface area contributed by atoms with Crippen molar-refractivity contribution in [2.45, 2.75) is 32.6 Å². The molecule has 3 nitrogen and oxygen atoms in total. The molecule has 2 rings (SSSR count). The van der Waals surface area contributed by atoms with E-state index in [1.165, 1.54) is 0 Å². The van der Waals surface area contributed by atoms with Gasteiger partial charge in [0.1, 0.15) is 0 Å². The van der Waals surface area contributed by atoms with Gasteiger partial charge in [-0.1, -0.05) is 18.2 Å². The lowest BCUT2D eigenvalue weighted by Crippen LogP contribution is -2.05. The van der Waals surface area contributed by atoms with Gasteiger partial charge in [-0.05, 0) is 30.9 Å². The molecule has 0 amide bonds. The molecule has 1 aliphatic rings. The van der Waals surface area contributed by atoms with Crippen molar-refractivity contribution in [2.75, 3.05) is 6.61 Å². The van der Waals surface area contributed by atoms with Gasteiger partial charge in [-0.2, -0.15) is 0 Å². The molecule has 1 aromatic rings. The van der Waals surface area contributed by atoms with Crippen molar-refractivity contribution in [3.8, 4) is 0 Å². The lowest BCUT2D eigenvalue weighted by Gasteiger charge is -2.04. The molecule has 0 aliphatic heterocycles. The monoisotopic (exact) mass is 232 g/mol. The maximum absolute atomic E-state index is 11.5. The van der Waals surface area contributed by atoms with Gasteiger partial charge in [0.25, 0.3) is 0 Å². The highest BCUT2D eigenvalue weighted by Crippen LogP contribution is 2.23. The van der Waals surface area contributed by atoms with Crippen LogP contribution in [0.1, 0.15) is 41.3 Å². The fourth-order valence-electron chi connectivity index (χ4n) is 2.14. The molecule has 0 bridgehead atoms. The molecular formula is C14H16O3. The van der Waals surface area contributed by atoms with Gasteiger partial charge in [-0.3, -0.25) is 9.59 Å². The van der Waals surface area contributed by atoms with Crippen LogP contribution < -0.4 is 0 Å². The van der Waals surface area contributed by atoms with Crippen LogP contribution in [0.25, 0.3) is 0 Å². The van der Waals surface area contributed by atoms with E-state index in [4.69, 9.17) is 4.74 Å². The SMILES string of the molecule is CCOC(=O)CCc1ccc2c(c1)CCC2=O. The van der Waals surface area contributed by atoms with Crippen LogP contribution in [0.5, 0.6) is 0 Å². The first-order chi connectivity index (χ1) is 8.20. The Morgan fingerprint density at radius 1 is 1.35 bits per heavy atom. The molecular weight excluding hydrogens is 216 g/mol. The van der Waals surface area contributed by atoms with Crippen LogP contribution in [-0.2, 0) is 22.4 Å². The second-order valence-corrected chi connectivity index (χ2v) is 4.22. The van der Waals surface area contributed by atoms with Crippen molar-refractivity contribution in [3.05, 3.63) is 34.9 Å². The van der Waals surface area contributed by atoms with E-state index in [1.54, 1.807) is 6.92 Å². The number of carbonyl (C=O) groups excluding carboxylic acids is 2. The number of aryl methyl sites for hydroxylation is 2. The Morgan fingerprint density at radius 3 is 2.94 bits per heavy atom. The minimum absolute atomic E-state index is 0.163. The van der Waals surface area contributed by atoms with Crippen LogP contribution in [-0.4, -0.2) is 18.4 Å². The molecule has 1 aromatic carbocycles. The molecule has 0 unspecified atom stereocenters. The van der Waals surface area contributed by atoms with E-state index in [-0.39, 0.29) is 11.8 Å². The average Bonchev–Trinajstić information content (AvgIpc) is 2.69. The molecule has 0 aromatic heterocycles. The number of carbonyl (C=O) groups is 2. The summed E-state index contributed by atoms with van der Waals surface area (Å²) in [6.45, 7) is 2.23. The highest BCUT2D eigenvalue weighted by molar-refractivity contribution is 6.00. The zero-order valence-electron chi connectivity index (χ0n) is 9.99. The third-order valence-corrected chi connectivity index (χ3v) is 3.01. The topological polar surface area (TPSA) is 43.4 Å². The molecule has 0 radical (unpaired) electrons. The lowest BCUT2D eigenvalue weighted by atomic mass is 10.0. The van der Waals surface area contributed by atoms with Gasteiger partial charge in [-0.25, -0.2) is 0 Å². The van der Waals surface area contributed by atoms with Crippen molar-refractivity contribution in [2.24, 2.45) is 0 Å². The van der Waals surface area contributed by atoms with Crippen LogP contribution in [0.15, 0.2) is 18.2 Å². The highest BCUT2D eigenvalue weighted by Gasteiger charge is 2.19. The summed E-state index contributed by atoms with van der Waals surface area (Å²) in [6.07, 6.45) is 2.54. The number of ether oxygens (including phenoxy) is 1. The molecule has 90 valence electrons. The van der Waals surface area contributed by atoms with E-state index >= 15 is 0 Å². The van der Waals surface area contributed by atoms with E-state index in [2.05, 4.69) is 0 Å². The molecule has 0 spiro atoms. The summed E-state index contributed by atoms with van der Waals surface area (Å²) < 4.78 is 4.88. The molecule has 0 saturated heterocycles. The van der Waals surface area contributed by atoms with E-state index in [9.17, 15) is 9.59 Å². The Hall–Kier alpha value is -1.64. The van der Waals surface area contributed by atoms with Gasteiger partial charge in [0.15, 0.2) is 5.78 Å². The molecule has 3 heteroatoms. The Morgan fingerprint density at radius 2 is 2.18 bits per heavy atom. The van der Waals surface area contributed by atoms with Crippen molar-refractivity contribution < 1.29 is 14.3 Å². The van der Waals surface area contributed by atoms with Crippen LogP contribution in [0.3, 0.4) is 0 Å². The van der Waals surface area contributed by atoms with Gasteiger partial charge >= 0.3 is 5.97 Å². The summed E-state index contributed by atoms with van der Waals surface area (Å²) in [5.41, 5.74) is 3.08. The number of hydrogen-bond acceptors (Lipinski definition) is 3. The van der Waals surface area contributed by atoms with Crippen molar-refractivity contribution >= 4 is 11.8 Å². The van der Waals surface area contributed by atoms with Crippen molar-refractivity contribution in [1.29, 1.82) is 0 Å². The fraction of sp³-hybridized carbons (Fsp3) is 0.429. The van der Waals surface area contributed by atoms with Crippen LogP contribution >= 0.6 is 0 Å². The molecule has 17 heavy (non-hydrogen) atoms. The first-order valence-electron chi connectivity index (χ1n) is 6.01. The Bertz CT molecular complexity index is 449. The lowest BCUT2D eigenvalue weighted by molar-refractivity contribution is -0.143. The minimum Gasteiger partial charge on any atom is -0.466 e. The summed E-state index contributed by atoms with van der Waals surface area (Å²) in [4.78, 5) is 22.7. The van der Waals surface area contributed by atoms with Crippen LogP contribution in [0, 0.1) is 0 Å². The van der Waals surface area contributed by atoms with E-state index < -0.39 is 0 Å². The number of benzene rings is 1. The third kappa shape index (κ3) is 2.73. The Kier molecular flexibility index (Phi) is 3.57. The number of rotatable bonds is 4. The van der Waals surface area contributed by atoms with Gasteiger partial charge in [0, 0.05) is 18.4 Å². The zero-order valence-corrected chi connectivity index (χ0v) is 9.99. The maximum atomic E-state index is 11.5. The number of Topliss-reactive ketones (excluding diaryl/α,β-unsaturated/α-hetero) is 1. The fourth-order valence-corrected chi connectivity index (χ4v) is 2.14. The summed E-state index contributed by atoms with van der Waals surface area (Å²) >= 11 is 0. The largest absolute Gasteiger partial charge is 0.466 e. The zero-order chi connectivity index (χ0) is 12.3. The number of ketones is 1. The molecule has 0 N–H and O–H groups in total. The van der Waals surface area contributed by atoms with Crippen LogP contribution in [0.2, 0.25) is 0 Å². The number of esters is 1. The summed E-state index contributed by atoms with van der Waals surface area (Å²) in [5, 5.41) is 0.